The molecule has 0 amide bonds. The van der Waals surface area contributed by atoms with Crippen LogP contribution in [0.15, 0.2) is 0 Å². The molecule has 0 rings (SSSR count). The molecule has 24 heavy (non-hydrogen) atoms. The molecule has 146 valence electrons. The number of unbranched alkanes of at least 4 members (excludes halogenated alkanes) is 14. The summed E-state index contributed by atoms with van der Waals surface area (Å²) < 4.78 is 30.6. The highest BCUT2D eigenvalue weighted by Gasteiger charge is 2.15. The lowest BCUT2D eigenvalue weighted by molar-refractivity contribution is 0.282. The lowest BCUT2D eigenvalue weighted by Crippen LogP contribution is -2.16. The first-order valence-electron chi connectivity index (χ1n) is 10.1. The van der Waals surface area contributed by atoms with Crippen LogP contribution in [0.5, 0.6) is 0 Å². The second-order valence-electron chi connectivity index (χ2n) is 7.14. The van der Waals surface area contributed by atoms with Crippen molar-refractivity contribution in [2.75, 3.05) is 6.61 Å². The zero-order valence-electron chi connectivity index (χ0n) is 15.7. The van der Waals surface area contributed by atoms with E-state index in [-0.39, 0.29) is 0 Å². The van der Waals surface area contributed by atoms with E-state index in [9.17, 15) is 8.42 Å². The van der Waals surface area contributed by atoms with E-state index in [2.05, 4.69) is 0 Å². The first-order chi connectivity index (χ1) is 11.5. The van der Waals surface area contributed by atoms with Gasteiger partial charge in [0.2, 0.25) is 0 Å². The van der Waals surface area contributed by atoms with Gasteiger partial charge in [-0.2, -0.15) is 8.42 Å². The minimum atomic E-state index is -3.83. The van der Waals surface area contributed by atoms with Gasteiger partial charge in [0.1, 0.15) is 0 Å². The van der Waals surface area contributed by atoms with E-state index < -0.39 is 15.4 Å². The van der Waals surface area contributed by atoms with Crippen LogP contribution in [0.1, 0.15) is 110 Å². The van der Waals surface area contributed by atoms with E-state index in [1.165, 1.54) is 77.0 Å². The van der Waals surface area contributed by atoms with Crippen LogP contribution >= 0.6 is 0 Å². The molecule has 0 radical (unpaired) electrons. The fraction of sp³-hybridized carbons (Fsp3) is 1.00. The molecule has 0 bridgehead atoms. The topological polar surface area (TPSA) is 74.6 Å². The molecule has 0 aliphatic rings. The van der Waals surface area contributed by atoms with Gasteiger partial charge in [0.05, 0.1) is 5.25 Å². The second kappa shape index (κ2) is 16.3. The van der Waals surface area contributed by atoms with Gasteiger partial charge in [0.15, 0.2) is 0 Å². The van der Waals surface area contributed by atoms with Gasteiger partial charge in [-0.15, -0.1) is 0 Å². The van der Waals surface area contributed by atoms with Crippen molar-refractivity contribution in [1.29, 1.82) is 0 Å². The highest BCUT2D eigenvalue weighted by atomic mass is 32.2. The van der Waals surface area contributed by atoms with Crippen molar-refractivity contribution in [2.24, 2.45) is 0 Å². The smallest absolute Gasteiger partial charge is 0.267 e. The van der Waals surface area contributed by atoms with Crippen molar-refractivity contribution in [3.8, 4) is 0 Å². The molecular weight excluding hydrogens is 324 g/mol. The summed E-state index contributed by atoms with van der Waals surface area (Å²) in [6, 6.07) is 0. The van der Waals surface area contributed by atoms with Crippen molar-refractivity contribution in [1.82, 2.24) is 0 Å². The normalized spacial score (nSPS) is 13.3. The monoisotopic (exact) mass is 364 g/mol. The highest BCUT2D eigenvalue weighted by Crippen LogP contribution is 2.15. The molecule has 0 aromatic rings. The maximum atomic E-state index is 10.9. The van der Waals surface area contributed by atoms with E-state index in [1.54, 1.807) is 6.92 Å². The Kier molecular flexibility index (Phi) is 16.3. The summed E-state index contributed by atoms with van der Waals surface area (Å²) in [5.41, 5.74) is 0. The van der Waals surface area contributed by atoms with Crippen molar-refractivity contribution < 1.29 is 18.1 Å². The molecule has 2 N–H and O–H groups in total. The van der Waals surface area contributed by atoms with Gasteiger partial charge in [0.25, 0.3) is 10.1 Å². The first kappa shape index (κ1) is 23.9. The van der Waals surface area contributed by atoms with Crippen molar-refractivity contribution >= 4 is 10.1 Å². The summed E-state index contributed by atoms with van der Waals surface area (Å²) in [5.74, 6) is 0. The highest BCUT2D eigenvalue weighted by molar-refractivity contribution is 7.86. The third-order valence-corrected chi connectivity index (χ3v) is 6.03. The van der Waals surface area contributed by atoms with Gasteiger partial charge in [-0.25, -0.2) is 0 Å². The van der Waals surface area contributed by atoms with Crippen LogP contribution in [0.2, 0.25) is 0 Å². The molecule has 0 aromatic carbocycles. The molecule has 0 fully saturated rings. The molecule has 0 aliphatic carbocycles. The average Bonchev–Trinajstić information content (AvgIpc) is 2.53. The van der Waals surface area contributed by atoms with E-state index >= 15 is 0 Å². The van der Waals surface area contributed by atoms with Crippen LogP contribution in [-0.4, -0.2) is 29.9 Å². The number of rotatable bonds is 18. The summed E-state index contributed by atoms with van der Waals surface area (Å²) in [6.07, 6.45) is 19.0. The number of hydrogen-bond acceptors (Lipinski definition) is 3. The third kappa shape index (κ3) is 16.7. The molecule has 0 aliphatic heterocycles. The minimum Gasteiger partial charge on any atom is -0.396 e. The van der Waals surface area contributed by atoms with Crippen LogP contribution in [0.25, 0.3) is 0 Å². The molecule has 1 unspecified atom stereocenters. The molecule has 1 atom stereocenters. The lowest BCUT2D eigenvalue weighted by atomic mass is 10.0. The fourth-order valence-corrected chi connectivity index (χ4v) is 3.46. The van der Waals surface area contributed by atoms with Gasteiger partial charge >= 0.3 is 0 Å². The van der Waals surface area contributed by atoms with Gasteiger partial charge in [0, 0.05) is 6.61 Å². The Bertz CT molecular complexity index is 354. The Morgan fingerprint density at radius 3 is 1.21 bits per heavy atom. The van der Waals surface area contributed by atoms with Gasteiger partial charge in [-0.1, -0.05) is 89.9 Å². The zero-order valence-corrected chi connectivity index (χ0v) is 16.5. The Hall–Kier alpha value is -0.130. The molecule has 4 nitrogen and oxygen atoms in total. The summed E-state index contributed by atoms with van der Waals surface area (Å²) >= 11 is 0. The summed E-state index contributed by atoms with van der Waals surface area (Å²) in [4.78, 5) is 0. The largest absolute Gasteiger partial charge is 0.396 e. The van der Waals surface area contributed by atoms with Gasteiger partial charge < -0.3 is 5.11 Å². The van der Waals surface area contributed by atoms with E-state index in [0.29, 0.717) is 13.0 Å². The van der Waals surface area contributed by atoms with Crippen molar-refractivity contribution in [2.45, 2.75) is 115 Å². The molecule has 0 aromatic heterocycles. The van der Waals surface area contributed by atoms with E-state index in [0.717, 1.165) is 19.3 Å². The number of hydrogen-bond donors (Lipinski definition) is 2. The quantitative estimate of drug-likeness (QED) is 0.249. The van der Waals surface area contributed by atoms with Crippen molar-refractivity contribution in [3.63, 3.8) is 0 Å². The van der Waals surface area contributed by atoms with Crippen LogP contribution in [0.3, 0.4) is 0 Å². The van der Waals surface area contributed by atoms with Crippen LogP contribution < -0.4 is 0 Å². The maximum absolute atomic E-state index is 10.9. The van der Waals surface area contributed by atoms with E-state index in [1.807, 2.05) is 0 Å². The van der Waals surface area contributed by atoms with Crippen LogP contribution in [0.4, 0.5) is 0 Å². The number of aliphatic hydroxyl groups is 1. The van der Waals surface area contributed by atoms with Crippen LogP contribution in [-0.2, 0) is 10.1 Å². The van der Waals surface area contributed by atoms with Gasteiger partial charge in [-0.3, -0.25) is 4.55 Å². The number of aliphatic hydroxyl groups excluding tert-OH is 1. The summed E-state index contributed by atoms with van der Waals surface area (Å²) in [5, 5.41) is 8.07. The zero-order chi connectivity index (χ0) is 18.1. The fourth-order valence-electron chi connectivity index (χ4n) is 2.99. The minimum absolute atomic E-state index is 0.337. The van der Waals surface area contributed by atoms with Gasteiger partial charge in [-0.05, 0) is 19.8 Å². The molecular formula is C19H40O4S. The Morgan fingerprint density at radius 1 is 0.625 bits per heavy atom. The average molecular weight is 365 g/mol. The SMILES string of the molecule is CC(CCCCCCCCCCCCCCCCCO)S(=O)(=O)O. The molecule has 0 saturated carbocycles. The maximum Gasteiger partial charge on any atom is 0.267 e. The molecule has 0 saturated heterocycles. The first-order valence-corrected chi connectivity index (χ1v) is 11.6. The van der Waals surface area contributed by atoms with Crippen molar-refractivity contribution in [3.05, 3.63) is 0 Å². The molecule has 0 spiro atoms. The van der Waals surface area contributed by atoms with E-state index in [4.69, 9.17) is 9.66 Å². The summed E-state index contributed by atoms with van der Waals surface area (Å²) in [7, 11) is -3.83. The standard InChI is InChI=1S/C19H40O4S/c1-19(24(21,22)23)17-15-13-11-9-7-5-3-2-4-6-8-10-12-14-16-18-20/h19-20H,2-18H2,1H3,(H,21,22,23). The second-order valence-corrected chi connectivity index (χ2v) is 8.98. The Balaban J connectivity index is 3.13. The molecule has 5 heteroatoms. The van der Waals surface area contributed by atoms with Crippen LogP contribution in [0, 0.1) is 0 Å². The third-order valence-electron chi connectivity index (χ3n) is 4.78. The predicted octanol–water partition coefficient (Wildman–Crippen LogP) is 5.50. The Labute approximate surface area is 150 Å². The summed E-state index contributed by atoms with van der Waals surface area (Å²) in [6.45, 7) is 1.91. The Morgan fingerprint density at radius 2 is 0.917 bits per heavy atom. The lowest BCUT2D eigenvalue weighted by Gasteiger charge is -2.07. The molecule has 0 heterocycles. The predicted molar refractivity (Wildman–Crippen MR) is 102 cm³/mol.